The van der Waals surface area contributed by atoms with E-state index in [0.29, 0.717) is 39.1 Å². The van der Waals surface area contributed by atoms with E-state index >= 15 is 0 Å². The van der Waals surface area contributed by atoms with Gasteiger partial charge >= 0.3 is 30.6 Å². The second-order valence-corrected chi connectivity index (χ2v) is 22.1. The standard InChI is InChI=1S/C10H17NO4.C10H18O5.C9H17NO4.C9H15NO2.C6H11NO.C4H7N.2ClH/c1-10(2,3)15-9(12)11-4-7-8(5-11)14-6-13-7;1-9(2,3)14-7(11)13-8(12)15-10(4,5)6;1-9(2,3)14-8(13)10-4-6(11)7(12)5-10;1-9(2,3)12-8(11)10-6-4-5-7-10;1-2-8-6-4-7-3-5(1)6;1-2-4-5-3-1;;/h7-8H,4-6H2,1-3H3;1-6H3;6-7,11-12H,4-5H2,1-3H3;4-5H,6-7H2,1-3H3;5-7H,1-4H2;1-2,5H,3-4H2;2*1H/t;;6-,7+;;;;;. The zero-order chi connectivity index (χ0) is 52.4. The molecule has 7 heterocycles. The summed E-state index contributed by atoms with van der Waals surface area (Å²) in [7, 11) is 0. The van der Waals surface area contributed by atoms with Crippen LogP contribution in [0.5, 0.6) is 0 Å². The average Bonchev–Trinajstić information content (AvgIpc) is 4.02. The van der Waals surface area contributed by atoms with E-state index in [1.54, 1.807) is 72.1 Å². The van der Waals surface area contributed by atoms with Gasteiger partial charge in [0.05, 0.1) is 44.5 Å². The molecular weight excluding hydrogens is 973 g/mol. The van der Waals surface area contributed by atoms with Crippen LogP contribution in [-0.4, -0.2) is 193 Å². The maximum absolute atomic E-state index is 11.7. The number of nitrogens with one attached hydrogen (secondary N) is 2. The molecule has 0 saturated carbocycles. The number of aliphatic hydroxyl groups excluding tert-OH is 2. The molecule has 414 valence electrons. The maximum atomic E-state index is 11.7. The molecular formula is C48H87Cl2N5O16. The van der Waals surface area contributed by atoms with Crippen LogP contribution in [0, 0.1) is 5.92 Å². The van der Waals surface area contributed by atoms with E-state index in [2.05, 4.69) is 27.5 Å². The van der Waals surface area contributed by atoms with E-state index in [4.69, 9.17) is 37.9 Å². The molecule has 7 aliphatic heterocycles. The van der Waals surface area contributed by atoms with Gasteiger partial charge in [-0.3, -0.25) is 0 Å². The molecule has 7 rings (SSSR count). The molecule has 0 spiro atoms. The van der Waals surface area contributed by atoms with Gasteiger partial charge in [-0.15, -0.1) is 24.8 Å². The Morgan fingerprint density at radius 3 is 1.23 bits per heavy atom. The molecule has 0 aliphatic carbocycles. The van der Waals surface area contributed by atoms with Gasteiger partial charge in [-0.2, -0.15) is 0 Å². The molecule has 4 unspecified atom stereocenters. The van der Waals surface area contributed by atoms with E-state index in [9.17, 15) is 34.2 Å². The van der Waals surface area contributed by atoms with Gasteiger partial charge < -0.3 is 78.2 Å². The van der Waals surface area contributed by atoms with E-state index in [0.717, 1.165) is 32.2 Å². The van der Waals surface area contributed by atoms with Crippen molar-refractivity contribution in [3.05, 3.63) is 24.3 Å². The monoisotopic (exact) mass is 1060 g/mol. The number of aliphatic hydroxyl groups is 2. The Morgan fingerprint density at radius 1 is 0.493 bits per heavy atom. The lowest BCUT2D eigenvalue weighted by Crippen LogP contribution is -2.36. The lowest BCUT2D eigenvalue weighted by molar-refractivity contribution is -0.0295. The van der Waals surface area contributed by atoms with Gasteiger partial charge in [-0.25, -0.2) is 24.0 Å². The number of carbonyl (C=O) groups is 5. The lowest BCUT2D eigenvalue weighted by Gasteiger charge is -2.24. The molecule has 3 amide bonds. The fourth-order valence-corrected chi connectivity index (χ4v) is 6.54. The number of β-amino-alcohol motifs (C(OH)–C–C–N with tert-alkyl or cyclic N) is 2. The number of hydrogen-bond acceptors (Lipinski definition) is 18. The Morgan fingerprint density at radius 2 is 0.873 bits per heavy atom. The number of carbonyl (C=O) groups excluding carboxylic acids is 5. The highest BCUT2D eigenvalue weighted by Crippen LogP contribution is 2.25. The van der Waals surface area contributed by atoms with Crippen molar-refractivity contribution in [1.82, 2.24) is 25.3 Å². The molecule has 4 N–H and O–H groups in total. The van der Waals surface area contributed by atoms with Gasteiger partial charge in [-0.05, 0) is 110 Å². The Kier molecular flexibility index (Phi) is 28.9. The van der Waals surface area contributed by atoms with Crippen molar-refractivity contribution in [2.24, 2.45) is 5.92 Å². The van der Waals surface area contributed by atoms with Crippen LogP contribution in [0.4, 0.5) is 24.0 Å². The summed E-state index contributed by atoms with van der Waals surface area (Å²) in [6.07, 6.45) is 5.22. The molecule has 0 bridgehead atoms. The van der Waals surface area contributed by atoms with Crippen molar-refractivity contribution in [1.29, 1.82) is 0 Å². The molecule has 23 heteroatoms. The maximum Gasteiger partial charge on any atom is 0.519 e. The first-order valence-corrected chi connectivity index (χ1v) is 23.7. The van der Waals surface area contributed by atoms with Crippen LogP contribution in [-0.2, 0) is 42.6 Å². The fraction of sp³-hybridized carbons (Fsp3) is 0.812. The first kappa shape index (κ1) is 67.3. The predicted molar refractivity (Wildman–Crippen MR) is 270 cm³/mol. The Balaban J connectivity index is 0.000000842. The van der Waals surface area contributed by atoms with Gasteiger partial charge in [0, 0.05) is 51.8 Å². The number of amides is 3. The summed E-state index contributed by atoms with van der Waals surface area (Å²) in [5.74, 6) is 0.843. The van der Waals surface area contributed by atoms with Crippen LogP contribution in [0.25, 0.3) is 0 Å². The van der Waals surface area contributed by atoms with E-state index in [1.165, 1.54) is 17.9 Å². The summed E-state index contributed by atoms with van der Waals surface area (Å²) in [5.41, 5.74) is -2.77. The highest BCUT2D eigenvalue weighted by molar-refractivity contribution is 5.85. The molecule has 5 saturated heterocycles. The van der Waals surface area contributed by atoms with Crippen molar-refractivity contribution in [2.45, 2.75) is 169 Å². The summed E-state index contributed by atoms with van der Waals surface area (Å²) in [5, 5.41) is 24.8. The molecule has 0 aromatic heterocycles. The lowest BCUT2D eigenvalue weighted by atomic mass is 10.1. The minimum atomic E-state index is -1.06. The summed E-state index contributed by atoms with van der Waals surface area (Å²) in [6, 6.07) is 0. The summed E-state index contributed by atoms with van der Waals surface area (Å²) < 4.78 is 45.4. The SMILES string of the molecule is C1=CCNC1.C1CC2CNCC2O1.CC(C)(C)OC(=O)N1CC2OCOC2C1.CC(C)(C)OC(=O)N1CC=CC1.CC(C)(C)OC(=O)N1C[C@@H](O)[C@@H](O)C1.CC(C)(C)OC(=O)OC(=O)OC(C)(C)C.Cl.Cl. The first-order valence-electron chi connectivity index (χ1n) is 23.7. The highest BCUT2D eigenvalue weighted by atomic mass is 35.5. The summed E-state index contributed by atoms with van der Waals surface area (Å²) >= 11 is 0. The van der Waals surface area contributed by atoms with Crippen LogP contribution >= 0.6 is 24.8 Å². The Bertz CT molecular complexity index is 1610. The number of likely N-dealkylation sites (tertiary alicyclic amines) is 2. The third-order valence-corrected chi connectivity index (χ3v) is 9.55. The van der Waals surface area contributed by atoms with Gasteiger partial charge in [-0.1, -0.05) is 24.3 Å². The predicted octanol–water partition coefficient (Wildman–Crippen LogP) is 6.59. The van der Waals surface area contributed by atoms with Gasteiger partial charge in [0.15, 0.2) is 0 Å². The van der Waals surface area contributed by atoms with Gasteiger partial charge in [0.2, 0.25) is 0 Å². The van der Waals surface area contributed by atoms with Crippen molar-refractivity contribution >= 4 is 55.4 Å². The Labute approximate surface area is 434 Å². The fourth-order valence-electron chi connectivity index (χ4n) is 6.54. The molecule has 0 radical (unpaired) electrons. The van der Waals surface area contributed by atoms with E-state index in [1.807, 2.05) is 53.7 Å². The smallest absolute Gasteiger partial charge is 0.444 e. The number of fused-ring (bicyclic) bond motifs is 2. The van der Waals surface area contributed by atoms with E-state index in [-0.39, 0.29) is 67.9 Å². The number of rotatable bonds is 0. The second-order valence-electron chi connectivity index (χ2n) is 22.1. The van der Waals surface area contributed by atoms with Crippen molar-refractivity contribution in [3.8, 4) is 0 Å². The normalized spacial score (nSPS) is 23.8. The third-order valence-electron chi connectivity index (χ3n) is 9.55. The molecule has 21 nitrogen and oxygen atoms in total. The van der Waals surface area contributed by atoms with E-state index < -0.39 is 53.0 Å². The van der Waals surface area contributed by atoms with Gasteiger partial charge in [0.25, 0.3) is 0 Å². The number of halogens is 2. The first-order chi connectivity index (χ1) is 31.7. The van der Waals surface area contributed by atoms with Crippen molar-refractivity contribution in [3.63, 3.8) is 0 Å². The third kappa shape index (κ3) is 30.2. The quantitative estimate of drug-likeness (QED) is 0.0866. The zero-order valence-corrected chi connectivity index (χ0v) is 46.4. The van der Waals surface area contributed by atoms with Crippen LogP contribution in [0.1, 0.15) is 110 Å². The van der Waals surface area contributed by atoms with Crippen LogP contribution in [0.2, 0.25) is 0 Å². The molecule has 0 aromatic carbocycles. The zero-order valence-electron chi connectivity index (χ0n) is 44.7. The highest BCUT2D eigenvalue weighted by Gasteiger charge is 2.42. The van der Waals surface area contributed by atoms with Crippen LogP contribution in [0.15, 0.2) is 24.3 Å². The summed E-state index contributed by atoms with van der Waals surface area (Å²) in [4.78, 5) is 61.1. The largest absolute Gasteiger partial charge is 0.519 e. The number of hydrogen-bond donors (Lipinski definition) is 4. The van der Waals surface area contributed by atoms with Crippen molar-refractivity contribution < 1.29 is 76.8 Å². The van der Waals surface area contributed by atoms with Crippen LogP contribution < -0.4 is 10.6 Å². The van der Waals surface area contributed by atoms with Crippen molar-refractivity contribution in [2.75, 3.05) is 78.8 Å². The number of ether oxygens (including phenoxy) is 9. The molecule has 5 fully saturated rings. The Hall–Kier alpha value is -3.67. The molecule has 0 aromatic rings. The minimum absolute atomic E-state index is 0. The molecule has 6 atom stereocenters. The summed E-state index contributed by atoms with van der Waals surface area (Å²) in [6.45, 7) is 35.0. The van der Waals surface area contributed by atoms with Gasteiger partial charge in [0.1, 0.15) is 47.0 Å². The molecule has 71 heavy (non-hydrogen) atoms. The average molecular weight is 1060 g/mol. The minimum Gasteiger partial charge on any atom is -0.444 e. The topological polar surface area (TPSA) is 243 Å². The van der Waals surface area contributed by atoms with Crippen LogP contribution in [0.3, 0.4) is 0 Å². The second kappa shape index (κ2) is 30.5. The number of nitrogens with zero attached hydrogens (tertiary/aromatic N) is 3. The molecule has 7 aliphatic rings.